The molecule has 0 amide bonds. The molecule has 0 heterocycles. The lowest BCUT2D eigenvalue weighted by atomic mass is 10.0. The molecule has 0 aliphatic rings. The molecule has 23 heavy (non-hydrogen) atoms. The molecule has 1 N–H and O–H groups in total. The van der Waals surface area contributed by atoms with Crippen LogP contribution in [0.15, 0.2) is 71.2 Å². The zero-order valence-electron chi connectivity index (χ0n) is 13.1. The first-order valence-corrected chi connectivity index (χ1v) is 8.81. The summed E-state index contributed by atoms with van der Waals surface area (Å²) in [6, 6.07) is 14.4. The Bertz CT molecular complexity index is 794. The zero-order valence-corrected chi connectivity index (χ0v) is 13.9. The molecule has 2 aromatic carbocycles. The van der Waals surface area contributed by atoms with Crippen molar-refractivity contribution in [3.8, 4) is 0 Å². The highest BCUT2D eigenvalue weighted by Gasteiger charge is 2.11. The quantitative estimate of drug-likeness (QED) is 0.481. The monoisotopic (exact) mass is 328 g/mol. The largest absolute Gasteiger partial charge is 0.276 e. The van der Waals surface area contributed by atoms with E-state index >= 15 is 0 Å². The first-order chi connectivity index (χ1) is 11.0. The van der Waals surface area contributed by atoms with Crippen LogP contribution in [0.25, 0.3) is 0 Å². The minimum Gasteiger partial charge on any atom is -0.200 e. The van der Waals surface area contributed by atoms with Crippen molar-refractivity contribution >= 4 is 16.2 Å². The van der Waals surface area contributed by atoms with E-state index in [9.17, 15) is 8.42 Å². The lowest BCUT2D eigenvalue weighted by Gasteiger charge is -2.05. The maximum absolute atomic E-state index is 12.2. The number of benzene rings is 2. The molecule has 0 radical (unpaired) electrons. The summed E-state index contributed by atoms with van der Waals surface area (Å²) in [7, 11) is -3.64. The molecule has 0 aliphatic carbocycles. The fourth-order valence-electron chi connectivity index (χ4n) is 2.08. The summed E-state index contributed by atoms with van der Waals surface area (Å²) in [6.45, 7) is 5.62. The van der Waals surface area contributed by atoms with E-state index in [1.54, 1.807) is 24.3 Å². The van der Waals surface area contributed by atoms with Crippen LogP contribution in [-0.2, 0) is 16.4 Å². The van der Waals surface area contributed by atoms with Gasteiger partial charge < -0.3 is 0 Å². The molecule has 0 unspecified atom stereocenters. The van der Waals surface area contributed by atoms with Gasteiger partial charge in [-0.15, -0.1) is 6.58 Å². The number of nitrogens with one attached hydrogen (secondary N) is 1. The van der Waals surface area contributed by atoms with Gasteiger partial charge in [-0.05, 0) is 43.0 Å². The van der Waals surface area contributed by atoms with Crippen LogP contribution >= 0.6 is 0 Å². The van der Waals surface area contributed by atoms with E-state index in [2.05, 4.69) is 16.5 Å². The van der Waals surface area contributed by atoms with Crippen LogP contribution in [-0.4, -0.2) is 14.6 Å². The average Bonchev–Trinajstić information content (AvgIpc) is 2.54. The van der Waals surface area contributed by atoms with E-state index in [0.717, 1.165) is 29.5 Å². The third-order valence-corrected chi connectivity index (χ3v) is 4.62. The number of hydrogen-bond donors (Lipinski definition) is 1. The third-order valence-electron chi connectivity index (χ3n) is 3.38. The second-order valence-corrected chi connectivity index (χ2v) is 6.85. The summed E-state index contributed by atoms with van der Waals surface area (Å²) < 4.78 is 24.3. The minimum absolute atomic E-state index is 0.195. The van der Waals surface area contributed by atoms with Gasteiger partial charge in [0.2, 0.25) is 0 Å². The van der Waals surface area contributed by atoms with Crippen molar-refractivity contribution in [2.75, 3.05) is 0 Å². The van der Waals surface area contributed by atoms with E-state index < -0.39 is 10.0 Å². The maximum Gasteiger partial charge on any atom is 0.276 e. The lowest BCUT2D eigenvalue weighted by Crippen LogP contribution is -2.18. The minimum atomic E-state index is -3.64. The molecule has 0 atom stereocenters. The fourth-order valence-corrected chi connectivity index (χ4v) is 2.87. The second-order valence-electron chi connectivity index (χ2n) is 5.19. The SMILES string of the molecule is C=CCCc1ccccc1/C=N/NS(=O)(=O)c1ccc(C)cc1. The van der Waals surface area contributed by atoms with Crippen LogP contribution in [0.2, 0.25) is 0 Å². The second kappa shape index (κ2) is 7.74. The van der Waals surface area contributed by atoms with Crippen molar-refractivity contribution in [3.63, 3.8) is 0 Å². The third kappa shape index (κ3) is 4.79. The van der Waals surface area contributed by atoms with Gasteiger partial charge in [0.25, 0.3) is 10.0 Å². The predicted octanol–water partition coefficient (Wildman–Crippen LogP) is 3.43. The summed E-state index contributed by atoms with van der Waals surface area (Å²) in [5.41, 5.74) is 3.00. The van der Waals surface area contributed by atoms with Gasteiger partial charge in [0.15, 0.2) is 0 Å². The normalized spacial score (nSPS) is 11.5. The Morgan fingerprint density at radius 1 is 1.13 bits per heavy atom. The van der Waals surface area contributed by atoms with E-state index in [1.807, 2.05) is 37.3 Å². The van der Waals surface area contributed by atoms with E-state index in [1.165, 1.54) is 6.21 Å². The van der Waals surface area contributed by atoms with Crippen LogP contribution < -0.4 is 4.83 Å². The maximum atomic E-state index is 12.2. The summed E-state index contributed by atoms with van der Waals surface area (Å²) >= 11 is 0. The number of hydrogen-bond acceptors (Lipinski definition) is 3. The zero-order chi connectivity index (χ0) is 16.7. The summed E-state index contributed by atoms with van der Waals surface area (Å²) in [4.78, 5) is 2.44. The van der Waals surface area contributed by atoms with Gasteiger partial charge in [-0.3, -0.25) is 0 Å². The van der Waals surface area contributed by atoms with Gasteiger partial charge in [0.05, 0.1) is 11.1 Å². The van der Waals surface area contributed by atoms with Gasteiger partial charge >= 0.3 is 0 Å². The highest BCUT2D eigenvalue weighted by atomic mass is 32.2. The Labute approximate surface area is 137 Å². The van der Waals surface area contributed by atoms with Gasteiger partial charge in [-0.1, -0.05) is 48.0 Å². The molecule has 2 aromatic rings. The molecule has 5 heteroatoms. The van der Waals surface area contributed by atoms with Crippen LogP contribution in [0.3, 0.4) is 0 Å². The highest BCUT2D eigenvalue weighted by molar-refractivity contribution is 7.89. The summed E-state index contributed by atoms with van der Waals surface area (Å²) in [6.07, 6.45) is 5.09. The Morgan fingerprint density at radius 2 is 1.83 bits per heavy atom. The van der Waals surface area contributed by atoms with Crippen molar-refractivity contribution in [2.24, 2.45) is 5.10 Å². The van der Waals surface area contributed by atoms with Gasteiger partial charge in [-0.25, -0.2) is 4.83 Å². The number of rotatable bonds is 7. The van der Waals surface area contributed by atoms with Gasteiger partial charge in [-0.2, -0.15) is 13.5 Å². The molecule has 0 spiro atoms. The Morgan fingerprint density at radius 3 is 2.52 bits per heavy atom. The van der Waals surface area contributed by atoms with Crippen LogP contribution in [0.5, 0.6) is 0 Å². The number of allylic oxidation sites excluding steroid dienone is 1. The molecular formula is C18H20N2O2S. The smallest absolute Gasteiger partial charge is 0.200 e. The topological polar surface area (TPSA) is 58.5 Å². The number of aryl methyl sites for hydroxylation is 2. The molecule has 2 rings (SSSR count). The van der Waals surface area contributed by atoms with E-state index in [0.29, 0.717) is 0 Å². The van der Waals surface area contributed by atoms with Gasteiger partial charge in [0.1, 0.15) is 0 Å². The van der Waals surface area contributed by atoms with E-state index in [4.69, 9.17) is 0 Å². The highest BCUT2D eigenvalue weighted by Crippen LogP contribution is 2.11. The van der Waals surface area contributed by atoms with E-state index in [-0.39, 0.29) is 4.90 Å². The fraction of sp³-hybridized carbons (Fsp3) is 0.167. The summed E-state index contributed by atoms with van der Waals surface area (Å²) in [5, 5.41) is 3.89. The van der Waals surface area contributed by atoms with Crippen LogP contribution in [0, 0.1) is 6.92 Å². The molecule has 0 aromatic heterocycles. The number of hydrazone groups is 1. The van der Waals surface area contributed by atoms with Crippen molar-refractivity contribution in [3.05, 3.63) is 77.9 Å². The van der Waals surface area contributed by atoms with Crippen molar-refractivity contribution in [1.29, 1.82) is 0 Å². The van der Waals surface area contributed by atoms with Crippen LogP contribution in [0.4, 0.5) is 0 Å². The first-order valence-electron chi connectivity index (χ1n) is 7.33. The van der Waals surface area contributed by atoms with Crippen molar-refractivity contribution < 1.29 is 8.42 Å². The molecule has 0 saturated heterocycles. The first kappa shape index (κ1) is 17.0. The molecule has 120 valence electrons. The molecule has 0 fully saturated rings. The van der Waals surface area contributed by atoms with Crippen molar-refractivity contribution in [1.82, 2.24) is 4.83 Å². The number of sulfonamides is 1. The van der Waals surface area contributed by atoms with Crippen molar-refractivity contribution in [2.45, 2.75) is 24.7 Å². The average molecular weight is 328 g/mol. The Hall–Kier alpha value is -2.40. The predicted molar refractivity (Wildman–Crippen MR) is 94.1 cm³/mol. The number of nitrogens with zero attached hydrogens (tertiary/aromatic N) is 1. The Balaban J connectivity index is 2.12. The lowest BCUT2D eigenvalue weighted by molar-refractivity contribution is 0.584. The Kier molecular flexibility index (Phi) is 5.71. The molecule has 0 aliphatic heterocycles. The molecular weight excluding hydrogens is 308 g/mol. The standard InChI is InChI=1S/C18H20N2O2S/c1-3-4-7-16-8-5-6-9-17(16)14-19-20-23(21,22)18-12-10-15(2)11-13-18/h3,5-6,8-14,20H,1,4,7H2,2H3/b19-14+. The van der Waals surface area contributed by atoms with Crippen LogP contribution in [0.1, 0.15) is 23.1 Å². The van der Waals surface area contributed by atoms with Gasteiger partial charge in [0, 0.05) is 0 Å². The summed E-state index contributed by atoms with van der Waals surface area (Å²) in [5.74, 6) is 0. The molecule has 4 nitrogen and oxygen atoms in total. The molecule has 0 bridgehead atoms. The molecule has 0 saturated carbocycles.